The van der Waals surface area contributed by atoms with Gasteiger partial charge in [0.1, 0.15) is 6.04 Å². The molecule has 1 heterocycles. The Hall–Kier alpha value is -2.71. The molecule has 0 spiro atoms. The minimum Gasteiger partial charge on any atom is -0.339 e. The number of hydrogen-bond acceptors (Lipinski definition) is 4. The molecule has 1 aliphatic heterocycles. The normalized spacial score (nSPS) is 17.0. The Morgan fingerprint density at radius 1 is 1.00 bits per heavy atom. The van der Waals surface area contributed by atoms with Gasteiger partial charge in [-0.25, -0.2) is 8.42 Å². The summed E-state index contributed by atoms with van der Waals surface area (Å²) in [7, 11) is -3.78. The Balaban J connectivity index is 1.75. The smallest absolute Gasteiger partial charge is 0.253 e. The van der Waals surface area contributed by atoms with E-state index in [-0.39, 0.29) is 16.7 Å². The zero-order chi connectivity index (χ0) is 23.3. The molecule has 0 bridgehead atoms. The number of carbonyl (C=O) groups is 2. The minimum atomic E-state index is -3.78. The number of piperidine rings is 1. The van der Waals surface area contributed by atoms with Crippen molar-refractivity contribution in [1.29, 1.82) is 0 Å². The minimum absolute atomic E-state index is 0.0597. The van der Waals surface area contributed by atoms with E-state index in [2.05, 4.69) is 5.32 Å². The van der Waals surface area contributed by atoms with Crippen molar-refractivity contribution in [2.45, 2.75) is 51.0 Å². The first-order valence-corrected chi connectivity index (χ1v) is 12.5. The highest BCUT2D eigenvalue weighted by molar-refractivity contribution is 7.89. The fourth-order valence-corrected chi connectivity index (χ4v) is 5.57. The molecular weight excluding hydrogens is 426 g/mol. The molecule has 8 heteroatoms. The van der Waals surface area contributed by atoms with Crippen LogP contribution in [0.25, 0.3) is 0 Å². The van der Waals surface area contributed by atoms with Crippen LogP contribution in [0.1, 0.15) is 49.0 Å². The number of nitrogens with zero attached hydrogens (tertiary/aromatic N) is 2. The van der Waals surface area contributed by atoms with Crippen molar-refractivity contribution in [3.63, 3.8) is 0 Å². The summed E-state index contributed by atoms with van der Waals surface area (Å²) in [5, 5.41) is 2.83. The first-order chi connectivity index (χ1) is 15.3. The molecule has 0 aliphatic carbocycles. The highest BCUT2D eigenvalue weighted by Crippen LogP contribution is 2.26. The standard InChI is InChI=1S/C24H31N3O4S/c1-4-26(5-2)24(29)19-11-13-20(14-12-19)25-23(28)22-8-6-7-17-27(22)32(30,31)21-15-9-18(3)10-16-21/h9-16,22H,4-8,17H2,1-3H3,(H,25,28)/t22-/m1/s1. The van der Waals surface area contributed by atoms with Crippen molar-refractivity contribution in [3.05, 3.63) is 59.7 Å². The first-order valence-electron chi connectivity index (χ1n) is 11.1. The van der Waals surface area contributed by atoms with E-state index in [1.165, 1.54) is 4.31 Å². The maximum Gasteiger partial charge on any atom is 0.253 e. The van der Waals surface area contributed by atoms with E-state index in [1.807, 2.05) is 20.8 Å². The van der Waals surface area contributed by atoms with E-state index in [1.54, 1.807) is 53.4 Å². The van der Waals surface area contributed by atoms with Gasteiger partial charge in [0.2, 0.25) is 15.9 Å². The van der Waals surface area contributed by atoms with Crippen LogP contribution in [-0.4, -0.2) is 55.1 Å². The van der Waals surface area contributed by atoms with Crippen molar-refractivity contribution in [1.82, 2.24) is 9.21 Å². The number of hydrogen-bond donors (Lipinski definition) is 1. The van der Waals surface area contributed by atoms with Crippen LogP contribution >= 0.6 is 0 Å². The van der Waals surface area contributed by atoms with Crippen LogP contribution in [0.15, 0.2) is 53.4 Å². The number of benzene rings is 2. The van der Waals surface area contributed by atoms with Crippen molar-refractivity contribution in [2.24, 2.45) is 0 Å². The molecule has 1 aliphatic rings. The molecule has 0 unspecified atom stereocenters. The topological polar surface area (TPSA) is 86.8 Å². The van der Waals surface area contributed by atoms with Gasteiger partial charge >= 0.3 is 0 Å². The summed E-state index contributed by atoms with van der Waals surface area (Å²) in [6.07, 6.45) is 1.97. The third-order valence-electron chi connectivity index (χ3n) is 5.83. The summed E-state index contributed by atoms with van der Waals surface area (Å²) in [5.41, 5.74) is 2.05. The predicted molar refractivity (Wildman–Crippen MR) is 125 cm³/mol. The molecule has 1 atom stereocenters. The molecule has 0 saturated carbocycles. The lowest BCUT2D eigenvalue weighted by molar-refractivity contribution is -0.120. The number of rotatable bonds is 7. The molecule has 172 valence electrons. The fourth-order valence-electron chi connectivity index (χ4n) is 3.92. The summed E-state index contributed by atoms with van der Waals surface area (Å²) >= 11 is 0. The van der Waals surface area contributed by atoms with Crippen LogP contribution in [0.5, 0.6) is 0 Å². The van der Waals surface area contributed by atoms with E-state index in [0.717, 1.165) is 18.4 Å². The Bertz CT molecular complexity index is 1050. The van der Waals surface area contributed by atoms with Gasteiger partial charge in [0.15, 0.2) is 0 Å². The fraction of sp³-hybridized carbons (Fsp3) is 0.417. The Morgan fingerprint density at radius 3 is 2.22 bits per heavy atom. The van der Waals surface area contributed by atoms with Gasteiger partial charge in [0.25, 0.3) is 5.91 Å². The molecule has 3 rings (SSSR count). The second-order valence-corrected chi connectivity index (χ2v) is 9.87. The van der Waals surface area contributed by atoms with E-state index in [4.69, 9.17) is 0 Å². The van der Waals surface area contributed by atoms with Gasteiger partial charge in [0, 0.05) is 30.9 Å². The molecular formula is C24H31N3O4S. The molecule has 2 aromatic carbocycles. The summed E-state index contributed by atoms with van der Waals surface area (Å²) < 4.78 is 27.7. The molecule has 1 fully saturated rings. The average molecular weight is 458 g/mol. The van der Waals surface area contributed by atoms with Crippen LogP contribution in [0.2, 0.25) is 0 Å². The van der Waals surface area contributed by atoms with Gasteiger partial charge in [-0.3, -0.25) is 9.59 Å². The number of anilines is 1. The van der Waals surface area contributed by atoms with E-state index in [9.17, 15) is 18.0 Å². The summed E-state index contributed by atoms with van der Waals surface area (Å²) in [4.78, 5) is 27.4. The maximum atomic E-state index is 13.2. The molecule has 2 aromatic rings. The first kappa shape index (κ1) is 23.9. The van der Waals surface area contributed by atoms with E-state index in [0.29, 0.717) is 37.3 Å². The number of nitrogens with one attached hydrogen (secondary N) is 1. The summed E-state index contributed by atoms with van der Waals surface area (Å²) in [6, 6.07) is 12.6. The zero-order valence-corrected chi connectivity index (χ0v) is 19.7. The van der Waals surface area contributed by atoms with E-state index >= 15 is 0 Å². The third-order valence-corrected chi connectivity index (χ3v) is 7.76. The van der Waals surface area contributed by atoms with Crippen molar-refractivity contribution >= 4 is 27.5 Å². The van der Waals surface area contributed by atoms with Crippen LogP contribution in [0.4, 0.5) is 5.69 Å². The third kappa shape index (κ3) is 5.19. The Kier molecular flexibility index (Phi) is 7.69. The molecule has 0 radical (unpaired) electrons. The van der Waals surface area contributed by atoms with E-state index < -0.39 is 16.1 Å². The van der Waals surface area contributed by atoms with Gasteiger partial charge in [0.05, 0.1) is 4.90 Å². The number of carbonyl (C=O) groups excluding carboxylic acids is 2. The van der Waals surface area contributed by atoms with Crippen LogP contribution < -0.4 is 5.32 Å². The molecule has 7 nitrogen and oxygen atoms in total. The lowest BCUT2D eigenvalue weighted by atomic mass is 10.0. The Morgan fingerprint density at radius 2 is 1.62 bits per heavy atom. The van der Waals surface area contributed by atoms with Gasteiger partial charge < -0.3 is 10.2 Å². The second-order valence-electron chi connectivity index (χ2n) is 7.98. The van der Waals surface area contributed by atoms with Gasteiger partial charge in [-0.2, -0.15) is 4.31 Å². The SMILES string of the molecule is CCN(CC)C(=O)c1ccc(NC(=O)[C@H]2CCCCN2S(=O)(=O)c2ccc(C)cc2)cc1. The van der Waals surface area contributed by atoms with Crippen LogP contribution in [0, 0.1) is 6.92 Å². The predicted octanol–water partition coefficient (Wildman–Crippen LogP) is 3.66. The lowest BCUT2D eigenvalue weighted by Crippen LogP contribution is -2.49. The highest BCUT2D eigenvalue weighted by Gasteiger charge is 2.37. The second kappa shape index (κ2) is 10.3. The lowest BCUT2D eigenvalue weighted by Gasteiger charge is -2.33. The quantitative estimate of drug-likeness (QED) is 0.687. The highest BCUT2D eigenvalue weighted by atomic mass is 32.2. The van der Waals surface area contributed by atoms with Crippen molar-refractivity contribution in [3.8, 4) is 0 Å². The largest absolute Gasteiger partial charge is 0.339 e. The van der Waals surface area contributed by atoms with Gasteiger partial charge in [-0.15, -0.1) is 0 Å². The molecule has 32 heavy (non-hydrogen) atoms. The van der Waals surface area contributed by atoms with Gasteiger partial charge in [-0.1, -0.05) is 24.1 Å². The number of sulfonamides is 1. The number of aryl methyl sites for hydroxylation is 1. The monoisotopic (exact) mass is 457 g/mol. The maximum absolute atomic E-state index is 13.2. The molecule has 1 saturated heterocycles. The van der Waals surface area contributed by atoms with Crippen molar-refractivity contribution in [2.75, 3.05) is 25.0 Å². The van der Waals surface area contributed by atoms with Gasteiger partial charge in [-0.05, 0) is 70.0 Å². The van der Waals surface area contributed by atoms with Crippen molar-refractivity contribution < 1.29 is 18.0 Å². The summed E-state index contributed by atoms with van der Waals surface area (Å²) in [5.74, 6) is -0.418. The molecule has 2 amide bonds. The molecule has 1 N–H and O–H groups in total. The zero-order valence-electron chi connectivity index (χ0n) is 18.9. The van der Waals surface area contributed by atoms with Crippen LogP contribution in [-0.2, 0) is 14.8 Å². The number of amides is 2. The van der Waals surface area contributed by atoms with Crippen LogP contribution in [0.3, 0.4) is 0 Å². The average Bonchev–Trinajstić information content (AvgIpc) is 2.80. The summed E-state index contributed by atoms with van der Waals surface area (Å²) in [6.45, 7) is 7.31. The molecule has 0 aromatic heterocycles. The Labute approximate surface area is 190 Å².